The number of rotatable bonds is 3. The topological polar surface area (TPSA) is 72.2 Å². The van der Waals surface area contributed by atoms with Crippen LogP contribution in [-0.2, 0) is 10.0 Å². The molecule has 0 spiro atoms. The number of anilines is 1. The first kappa shape index (κ1) is 14.3. The van der Waals surface area contributed by atoms with Crippen LogP contribution in [0.1, 0.15) is 26.7 Å². The van der Waals surface area contributed by atoms with E-state index < -0.39 is 15.8 Å². The van der Waals surface area contributed by atoms with Crippen LogP contribution in [0, 0.1) is 17.7 Å². The Bertz CT molecular complexity index is 574. The van der Waals surface area contributed by atoms with Crippen molar-refractivity contribution in [3.63, 3.8) is 0 Å². The molecule has 1 aliphatic rings. The first-order valence-corrected chi connectivity index (χ1v) is 7.87. The molecule has 1 aliphatic carbocycles. The van der Waals surface area contributed by atoms with Crippen LogP contribution in [0.15, 0.2) is 23.1 Å². The molecule has 1 aromatic rings. The van der Waals surface area contributed by atoms with E-state index in [2.05, 4.69) is 11.6 Å². The third-order valence-corrected chi connectivity index (χ3v) is 5.54. The summed E-state index contributed by atoms with van der Waals surface area (Å²) in [6, 6.07) is 3.47. The summed E-state index contributed by atoms with van der Waals surface area (Å²) >= 11 is 0. The van der Waals surface area contributed by atoms with Gasteiger partial charge in [-0.2, -0.15) is 0 Å². The van der Waals surface area contributed by atoms with Gasteiger partial charge in [-0.3, -0.25) is 0 Å². The molecule has 3 atom stereocenters. The van der Waals surface area contributed by atoms with Gasteiger partial charge in [0.1, 0.15) is 5.82 Å². The van der Waals surface area contributed by atoms with Gasteiger partial charge in [0.05, 0.1) is 10.6 Å². The van der Waals surface area contributed by atoms with Crippen LogP contribution in [0.2, 0.25) is 0 Å². The lowest BCUT2D eigenvalue weighted by Gasteiger charge is -2.19. The average molecular weight is 286 g/mol. The standard InChI is InChI=1S/C13H19FN2O2S/c1-8-3-6-13(9(8)2)16-19(17,18)10-4-5-12(15)11(14)7-10/h4-5,7-9,13,16H,3,6,15H2,1-2H3. The molecule has 19 heavy (non-hydrogen) atoms. The second-order valence-corrected chi connectivity index (χ2v) is 7.04. The second-order valence-electron chi connectivity index (χ2n) is 5.32. The number of halogens is 1. The van der Waals surface area contributed by atoms with E-state index in [1.54, 1.807) is 0 Å². The van der Waals surface area contributed by atoms with Gasteiger partial charge in [-0.25, -0.2) is 17.5 Å². The minimum atomic E-state index is -3.68. The number of sulfonamides is 1. The Hall–Kier alpha value is -1.14. The molecular formula is C13H19FN2O2S. The molecule has 0 radical (unpaired) electrons. The summed E-state index contributed by atoms with van der Waals surface area (Å²) in [6.45, 7) is 4.15. The molecule has 3 N–H and O–H groups in total. The summed E-state index contributed by atoms with van der Waals surface area (Å²) in [5.74, 6) is 0.0694. The molecular weight excluding hydrogens is 267 g/mol. The minimum Gasteiger partial charge on any atom is -0.396 e. The lowest BCUT2D eigenvalue weighted by atomic mass is 9.98. The highest BCUT2D eigenvalue weighted by molar-refractivity contribution is 7.89. The zero-order valence-electron chi connectivity index (χ0n) is 11.1. The molecule has 1 saturated carbocycles. The number of nitrogens with one attached hydrogen (secondary N) is 1. The predicted octanol–water partition coefficient (Wildman–Crippen LogP) is 2.12. The normalized spacial score (nSPS) is 27.6. The van der Waals surface area contributed by atoms with Crippen molar-refractivity contribution in [2.75, 3.05) is 5.73 Å². The van der Waals surface area contributed by atoms with Crippen LogP contribution < -0.4 is 10.5 Å². The Morgan fingerprint density at radius 1 is 1.32 bits per heavy atom. The molecule has 4 nitrogen and oxygen atoms in total. The fourth-order valence-electron chi connectivity index (χ4n) is 2.47. The molecule has 0 heterocycles. The Morgan fingerprint density at radius 3 is 2.53 bits per heavy atom. The summed E-state index contributed by atoms with van der Waals surface area (Å²) in [5, 5.41) is 0. The zero-order chi connectivity index (χ0) is 14.2. The third-order valence-electron chi connectivity index (χ3n) is 4.05. The molecule has 6 heteroatoms. The fraction of sp³-hybridized carbons (Fsp3) is 0.538. The Kier molecular flexibility index (Phi) is 3.82. The number of hydrogen-bond donors (Lipinski definition) is 2. The third kappa shape index (κ3) is 2.90. The van der Waals surface area contributed by atoms with E-state index in [9.17, 15) is 12.8 Å². The lowest BCUT2D eigenvalue weighted by molar-refractivity contribution is 0.402. The highest BCUT2D eigenvalue weighted by Gasteiger charge is 2.33. The first-order chi connectivity index (χ1) is 8.81. The zero-order valence-corrected chi connectivity index (χ0v) is 11.9. The maximum Gasteiger partial charge on any atom is 0.240 e. The molecule has 2 rings (SSSR count). The highest BCUT2D eigenvalue weighted by atomic mass is 32.2. The summed E-state index contributed by atoms with van der Waals surface area (Å²) in [4.78, 5) is -0.0778. The number of nitrogens with two attached hydrogens (primary N) is 1. The lowest BCUT2D eigenvalue weighted by Crippen LogP contribution is -2.37. The van der Waals surface area contributed by atoms with Gasteiger partial charge in [-0.15, -0.1) is 0 Å². The SMILES string of the molecule is CC1CCC(NS(=O)(=O)c2ccc(N)c(F)c2)C1C. The van der Waals surface area contributed by atoms with Gasteiger partial charge in [-0.05, 0) is 42.9 Å². The highest BCUT2D eigenvalue weighted by Crippen LogP contribution is 2.32. The van der Waals surface area contributed by atoms with Crippen LogP contribution >= 0.6 is 0 Å². The van der Waals surface area contributed by atoms with Gasteiger partial charge in [0.2, 0.25) is 10.0 Å². The minimum absolute atomic E-state index is 0.0539. The Morgan fingerprint density at radius 2 is 2.00 bits per heavy atom. The Labute approximate surface area is 113 Å². The van der Waals surface area contributed by atoms with Gasteiger partial charge in [0.15, 0.2) is 0 Å². The summed E-state index contributed by atoms with van der Waals surface area (Å²) in [6.07, 6.45) is 1.82. The summed E-state index contributed by atoms with van der Waals surface area (Å²) in [5.41, 5.74) is 5.29. The van der Waals surface area contributed by atoms with E-state index in [-0.39, 0.29) is 22.5 Å². The quantitative estimate of drug-likeness (QED) is 0.836. The van der Waals surface area contributed by atoms with Crippen molar-refractivity contribution in [3.05, 3.63) is 24.0 Å². The van der Waals surface area contributed by atoms with Crippen LogP contribution in [0.25, 0.3) is 0 Å². The molecule has 106 valence electrons. The van der Waals surface area contributed by atoms with E-state index in [1.165, 1.54) is 12.1 Å². The number of hydrogen-bond acceptors (Lipinski definition) is 3. The van der Waals surface area contributed by atoms with Gasteiger partial charge >= 0.3 is 0 Å². The number of nitrogen functional groups attached to an aromatic ring is 1. The average Bonchev–Trinajstić information content (AvgIpc) is 2.64. The molecule has 0 aliphatic heterocycles. The van der Waals surface area contributed by atoms with Crippen molar-refractivity contribution in [1.29, 1.82) is 0 Å². The molecule has 1 fully saturated rings. The summed E-state index contributed by atoms with van der Waals surface area (Å²) < 4.78 is 40.4. The van der Waals surface area contributed by atoms with Gasteiger partial charge in [-0.1, -0.05) is 13.8 Å². The largest absolute Gasteiger partial charge is 0.396 e. The molecule has 0 amide bonds. The van der Waals surface area contributed by atoms with Crippen LogP contribution in [0.4, 0.5) is 10.1 Å². The van der Waals surface area contributed by atoms with E-state index in [0.29, 0.717) is 5.92 Å². The van der Waals surface area contributed by atoms with Crippen LogP contribution in [0.5, 0.6) is 0 Å². The van der Waals surface area contributed by atoms with Crippen molar-refractivity contribution in [1.82, 2.24) is 4.72 Å². The van der Waals surface area contributed by atoms with E-state index in [1.807, 2.05) is 6.92 Å². The molecule has 0 saturated heterocycles. The van der Waals surface area contributed by atoms with Gasteiger partial charge in [0, 0.05) is 6.04 Å². The molecule has 0 aromatic heterocycles. The molecule has 0 bridgehead atoms. The Balaban J connectivity index is 2.21. The van der Waals surface area contributed by atoms with E-state index >= 15 is 0 Å². The van der Waals surface area contributed by atoms with Crippen molar-refractivity contribution < 1.29 is 12.8 Å². The van der Waals surface area contributed by atoms with Crippen molar-refractivity contribution in [3.8, 4) is 0 Å². The smallest absolute Gasteiger partial charge is 0.240 e. The first-order valence-electron chi connectivity index (χ1n) is 6.38. The summed E-state index contributed by atoms with van der Waals surface area (Å²) in [7, 11) is -3.68. The van der Waals surface area contributed by atoms with Gasteiger partial charge < -0.3 is 5.73 Å². The monoisotopic (exact) mass is 286 g/mol. The maximum atomic E-state index is 13.3. The molecule has 3 unspecified atom stereocenters. The van der Waals surface area contributed by atoms with Crippen LogP contribution in [-0.4, -0.2) is 14.5 Å². The predicted molar refractivity (Wildman–Crippen MR) is 72.5 cm³/mol. The van der Waals surface area contributed by atoms with Crippen molar-refractivity contribution >= 4 is 15.7 Å². The van der Waals surface area contributed by atoms with Crippen molar-refractivity contribution in [2.24, 2.45) is 11.8 Å². The number of benzene rings is 1. The fourth-order valence-corrected chi connectivity index (χ4v) is 3.85. The van der Waals surface area contributed by atoms with E-state index in [0.717, 1.165) is 18.9 Å². The van der Waals surface area contributed by atoms with Gasteiger partial charge in [0.25, 0.3) is 0 Å². The molecule has 1 aromatic carbocycles. The maximum absolute atomic E-state index is 13.3. The van der Waals surface area contributed by atoms with Crippen molar-refractivity contribution in [2.45, 2.75) is 37.6 Å². The second kappa shape index (κ2) is 5.09. The van der Waals surface area contributed by atoms with Crippen LogP contribution in [0.3, 0.4) is 0 Å². The van der Waals surface area contributed by atoms with E-state index in [4.69, 9.17) is 5.73 Å².